The van der Waals surface area contributed by atoms with Crippen LogP contribution in [0, 0.1) is 0 Å². The molecule has 0 aliphatic heterocycles. The molecule has 130 valence electrons. The molecule has 0 aliphatic carbocycles. The molecule has 0 bridgehead atoms. The van der Waals surface area contributed by atoms with Gasteiger partial charge in [0.1, 0.15) is 11.3 Å². The molecule has 2 heterocycles. The summed E-state index contributed by atoms with van der Waals surface area (Å²) in [7, 11) is 1.46. The van der Waals surface area contributed by atoms with Gasteiger partial charge in [-0.05, 0) is 35.5 Å². The average Bonchev–Trinajstić information content (AvgIpc) is 3.29. The Hall–Kier alpha value is -3.46. The smallest absolute Gasteiger partial charge is 0.252 e. The summed E-state index contributed by atoms with van der Waals surface area (Å²) in [6.45, 7) is 0. The number of nitrogens with two attached hydrogens (primary N) is 1. The Balaban J connectivity index is 1.95. The highest BCUT2D eigenvalue weighted by atomic mass is 35.5. The summed E-state index contributed by atoms with van der Waals surface area (Å²) in [5.41, 5.74) is 8.22. The number of fused-ring (bicyclic) bond motifs is 1. The monoisotopic (exact) mass is 369 g/mol. The summed E-state index contributed by atoms with van der Waals surface area (Å²) in [5.74, 6) is 0.643. The highest BCUT2D eigenvalue weighted by Crippen LogP contribution is 2.34. The predicted molar refractivity (Wildman–Crippen MR) is 94.8 cm³/mol. The van der Waals surface area contributed by atoms with Crippen LogP contribution in [0.1, 0.15) is 10.4 Å². The van der Waals surface area contributed by atoms with Gasteiger partial charge in [0, 0.05) is 16.1 Å². The fourth-order valence-corrected chi connectivity index (χ4v) is 2.93. The van der Waals surface area contributed by atoms with Crippen LogP contribution in [0.4, 0.5) is 0 Å². The van der Waals surface area contributed by atoms with Crippen molar-refractivity contribution in [3.8, 4) is 28.5 Å². The zero-order valence-corrected chi connectivity index (χ0v) is 14.2. The predicted octanol–water partition coefficient (Wildman–Crippen LogP) is 2.17. The van der Waals surface area contributed by atoms with Crippen molar-refractivity contribution in [2.24, 2.45) is 5.73 Å². The van der Waals surface area contributed by atoms with Crippen molar-refractivity contribution in [1.29, 1.82) is 0 Å². The maximum Gasteiger partial charge on any atom is 0.252 e. The van der Waals surface area contributed by atoms with Gasteiger partial charge in [-0.2, -0.15) is 5.21 Å². The number of tetrazole rings is 1. The highest BCUT2D eigenvalue weighted by molar-refractivity contribution is 6.31. The van der Waals surface area contributed by atoms with Gasteiger partial charge in [-0.25, -0.2) is 4.98 Å². The molecule has 0 unspecified atom stereocenters. The molecule has 0 spiro atoms. The number of H-pyrrole nitrogens is 2. The van der Waals surface area contributed by atoms with Crippen LogP contribution in [0.15, 0.2) is 30.3 Å². The first-order valence-corrected chi connectivity index (χ1v) is 7.86. The summed E-state index contributed by atoms with van der Waals surface area (Å²) < 4.78 is 5.35. The number of amides is 1. The van der Waals surface area contributed by atoms with Gasteiger partial charge in [-0.1, -0.05) is 11.6 Å². The minimum Gasteiger partial charge on any atom is -0.494 e. The first-order chi connectivity index (χ1) is 12.6. The number of hydrogen-bond acceptors (Lipinski definition) is 6. The summed E-state index contributed by atoms with van der Waals surface area (Å²) in [6, 6.07) is 8.57. The second-order valence-corrected chi connectivity index (χ2v) is 5.85. The lowest BCUT2D eigenvalue weighted by Gasteiger charge is -2.05. The second-order valence-electron chi connectivity index (χ2n) is 5.42. The van der Waals surface area contributed by atoms with Crippen LogP contribution >= 0.6 is 11.6 Å². The molecule has 0 aliphatic rings. The number of benzene rings is 2. The molecule has 26 heavy (non-hydrogen) atoms. The third kappa shape index (κ3) is 2.54. The Morgan fingerprint density at radius 2 is 2.08 bits per heavy atom. The van der Waals surface area contributed by atoms with E-state index in [9.17, 15) is 4.79 Å². The molecule has 1 amide bonds. The van der Waals surface area contributed by atoms with Crippen LogP contribution in [-0.2, 0) is 0 Å². The number of imidazole rings is 1. The number of aromatic amines is 2. The van der Waals surface area contributed by atoms with Crippen molar-refractivity contribution >= 4 is 28.5 Å². The van der Waals surface area contributed by atoms with E-state index in [1.807, 2.05) is 0 Å². The SMILES string of the molecule is COc1c(C(N)=O)ccc2[nH]c(-c3ccc(Cl)cc3-c3nn[nH]n3)nc12. The first kappa shape index (κ1) is 16.0. The summed E-state index contributed by atoms with van der Waals surface area (Å²) in [5, 5.41) is 14.5. The van der Waals surface area contributed by atoms with Crippen LogP contribution in [0.2, 0.25) is 5.02 Å². The maximum absolute atomic E-state index is 11.6. The zero-order chi connectivity index (χ0) is 18.3. The number of carbonyl (C=O) groups excluding carboxylic acids is 1. The number of halogens is 1. The van der Waals surface area contributed by atoms with Gasteiger partial charge in [0.05, 0.1) is 18.2 Å². The number of nitrogens with one attached hydrogen (secondary N) is 2. The second kappa shape index (κ2) is 6.12. The summed E-state index contributed by atoms with van der Waals surface area (Å²) in [4.78, 5) is 19.4. The summed E-state index contributed by atoms with van der Waals surface area (Å²) >= 11 is 6.12. The van der Waals surface area contributed by atoms with E-state index in [0.29, 0.717) is 39.0 Å². The van der Waals surface area contributed by atoms with Crippen LogP contribution in [0.25, 0.3) is 33.8 Å². The van der Waals surface area contributed by atoms with Gasteiger partial charge >= 0.3 is 0 Å². The van der Waals surface area contributed by atoms with Crippen molar-refractivity contribution < 1.29 is 9.53 Å². The first-order valence-electron chi connectivity index (χ1n) is 7.48. The van der Waals surface area contributed by atoms with Gasteiger partial charge < -0.3 is 15.5 Å². The molecule has 0 radical (unpaired) electrons. The van der Waals surface area contributed by atoms with Gasteiger partial charge in [-0.15, -0.1) is 10.2 Å². The average molecular weight is 370 g/mol. The number of nitrogens with zero attached hydrogens (tertiary/aromatic N) is 4. The van der Waals surface area contributed by atoms with Gasteiger partial charge in [0.15, 0.2) is 5.75 Å². The van der Waals surface area contributed by atoms with Gasteiger partial charge in [-0.3, -0.25) is 4.79 Å². The van der Waals surface area contributed by atoms with E-state index in [-0.39, 0.29) is 5.56 Å². The number of aromatic nitrogens is 6. The molecule has 2 aromatic carbocycles. The Morgan fingerprint density at radius 1 is 1.23 bits per heavy atom. The van der Waals surface area contributed by atoms with Gasteiger partial charge in [0.2, 0.25) is 5.82 Å². The number of methoxy groups -OCH3 is 1. The Kier molecular flexibility index (Phi) is 3.77. The highest BCUT2D eigenvalue weighted by Gasteiger charge is 2.19. The lowest BCUT2D eigenvalue weighted by molar-refractivity contribution is 0.0997. The Labute approximate surface area is 151 Å². The minimum absolute atomic E-state index is 0.257. The molecule has 4 rings (SSSR count). The van der Waals surface area contributed by atoms with Crippen LogP contribution in [0.3, 0.4) is 0 Å². The standard InChI is InChI=1S/C16H12ClN7O2/c1-26-13-9(14(18)25)4-5-11-12(13)20-15(19-11)8-3-2-7(17)6-10(8)16-21-23-24-22-16/h2-6H,1H3,(H2,18,25)(H,19,20)(H,21,22,23,24). The van der Waals surface area contributed by atoms with E-state index >= 15 is 0 Å². The fourth-order valence-electron chi connectivity index (χ4n) is 2.76. The number of hydrogen-bond donors (Lipinski definition) is 3. The van der Waals surface area contributed by atoms with E-state index in [1.165, 1.54) is 7.11 Å². The molecule has 4 aromatic rings. The van der Waals surface area contributed by atoms with Crippen molar-refractivity contribution in [1.82, 2.24) is 30.6 Å². The lowest BCUT2D eigenvalue weighted by atomic mass is 10.1. The van der Waals surface area contributed by atoms with Crippen molar-refractivity contribution in [2.75, 3.05) is 7.11 Å². The normalized spacial score (nSPS) is 11.0. The van der Waals surface area contributed by atoms with Crippen LogP contribution < -0.4 is 10.5 Å². The molecule has 4 N–H and O–H groups in total. The quantitative estimate of drug-likeness (QED) is 0.504. The largest absolute Gasteiger partial charge is 0.494 e. The van der Waals surface area contributed by atoms with E-state index in [4.69, 9.17) is 22.1 Å². The van der Waals surface area contributed by atoms with E-state index in [1.54, 1.807) is 30.3 Å². The Bertz CT molecular complexity index is 1120. The topological polar surface area (TPSA) is 135 Å². The van der Waals surface area contributed by atoms with E-state index < -0.39 is 5.91 Å². The van der Waals surface area contributed by atoms with Crippen LogP contribution in [-0.4, -0.2) is 43.6 Å². The zero-order valence-electron chi connectivity index (χ0n) is 13.4. The molecule has 2 aromatic heterocycles. The van der Waals surface area contributed by atoms with E-state index in [0.717, 1.165) is 5.56 Å². The number of rotatable bonds is 4. The number of ether oxygens (including phenoxy) is 1. The van der Waals surface area contributed by atoms with Crippen LogP contribution in [0.5, 0.6) is 5.75 Å². The fraction of sp³-hybridized carbons (Fsp3) is 0.0625. The third-order valence-corrected chi connectivity index (χ3v) is 4.14. The molecule has 10 heteroatoms. The molecule has 0 saturated heterocycles. The van der Waals surface area contributed by atoms with Crippen molar-refractivity contribution in [3.05, 3.63) is 40.9 Å². The molecule has 0 saturated carbocycles. The molecular weight excluding hydrogens is 358 g/mol. The van der Waals surface area contributed by atoms with Gasteiger partial charge in [0.25, 0.3) is 5.91 Å². The van der Waals surface area contributed by atoms with Crippen molar-refractivity contribution in [2.45, 2.75) is 0 Å². The molecule has 9 nitrogen and oxygen atoms in total. The summed E-state index contributed by atoms with van der Waals surface area (Å²) in [6.07, 6.45) is 0. The molecule has 0 atom stereocenters. The maximum atomic E-state index is 11.6. The van der Waals surface area contributed by atoms with Crippen molar-refractivity contribution in [3.63, 3.8) is 0 Å². The number of carbonyl (C=O) groups is 1. The minimum atomic E-state index is -0.590. The third-order valence-electron chi connectivity index (χ3n) is 3.90. The lowest BCUT2D eigenvalue weighted by Crippen LogP contribution is -2.12. The molecule has 0 fully saturated rings. The number of primary amides is 1. The Morgan fingerprint density at radius 3 is 2.77 bits per heavy atom. The molecular formula is C16H12ClN7O2. The van der Waals surface area contributed by atoms with E-state index in [2.05, 4.69) is 30.6 Å².